The van der Waals surface area contributed by atoms with Crippen molar-refractivity contribution in [2.24, 2.45) is 4.99 Å². The van der Waals surface area contributed by atoms with E-state index in [0.717, 1.165) is 36.7 Å². The van der Waals surface area contributed by atoms with Crippen molar-refractivity contribution < 1.29 is 0 Å². The molecule has 1 aromatic rings. The molecule has 1 atom stereocenters. The second-order valence-corrected chi connectivity index (χ2v) is 5.38. The number of hydrogen-bond donors (Lipinski definition) is 0. The zero-order valence-corrected chi connectivity index (χ0v) is 11.4. The van der Waals surface area contributed by atoms with Crippen LogP contribution < -0.4 is 0 Å². The number of amidine groups is 1. The zero-order chi connectivity index (χ0) is 12.7. The Labute approximate surface area is 111 Å². The lowest BCUT2D eigenvalue weighted by Gasteiger charge is -2.21. The lowest BCUT2D eigenvalue weighted by Crippen LogP contribution is -2.34. The minimum absolute atomic E-state index is 0.530. The number of likely N-dealkylation sites (N-methyl/N-ethyl adjacent to an activating group) is 1. The third-order valence-corrected chi connectivity index (χ3v) is 4.02. The summed E-state index contributed by atoms with van der Waals surface area (Å²) in [5.74, 6) is 1.81. The third-order valence-electron chi connectivity index (χ3n) is 3.70. The van der Waals surface area contributed by atoms with Crippen LogP contribution in [0.1, 0.15) is 12.0 Å². The van der Waals surface area contributed by atoms with E-state index in [1.54, 1.807) is 0 Å². The topological polar surface area (TPSA) is 44.6 Å². The number of nitrogens with zero attached hydrogens (tertiary/aromatic N) is 5. The van der Waals surface area contributed by atoms with Gasteiger partial charge in [-0.2, -0.15) is 0 Å². The van der Waals surface area contributed by atoms with Crippen molar-refractivity contribution in [3.8, 4) is 0 Å². The molecule has 18 heavy (non-hydrogen) atoms. The first-order valence-corrected chi connectivity index (χ1v) is 6.51. The van der Waals surface area contributed by atoms with Gasteiger partial charge in [0.25, 0.3) is 0 Å². The molecule has 0 amide bonds. The summed E-state index contributed by atoms with van der Waals surface area (Å²) in [5, 5.41) is 0.530. The molecule has 5 nitrogen and oxygen atoms in total. The molecule has 0 spiro atoms. The number of hydrogen-bond acceptors (Lipinski definition) is 5. The summed E-state index contributed by atoms with van der Waals surface area (Å²) in [6.07, 6.45) is 3.41. The van der Waals surface area contributed by atoms with Crippen LogP contribution in [0.2, 0.25) is 5.15 Å². The van der Waals surface area contributed by atoms with E-state index in [4.69, 9.17) is 11.6 Å². The van der Waals surface area contributed by atoms with E-state index >= 15 is 0 Å². The highest BCUT2D eigenvalue weighted by atomic mass is 35.5. The fourth-order valence-corrected chi connectivity index (χ4v) is 2.73. The van der Waals surface area contributed by atoms with Crippen LogP contribution in [0.15, 0.2) is 11.3 Å². The highest BCUT2D eigenvalue weighted by Gasteiger charge is 2.30. The molecular formula is C12H16ClN5. The van der Waals surface area contributed by atoms with Crippen LogP contribution in [0, 0.1) is 0 Å². The van der Waals surface area contributed by atoms with Crippen molar-refractivity contribution in [2.75, 3.05) is 27.2 Å². The number of aromatic nitrogens is 2. The van der Waals surface area contributed by atoms with E-state index in [1.807, 2.05) is 0 Å². The van der Waals surface area contributed by atoms with Gasteiger partial charge in [0.15, 0.2) is 5.82 Å². The molecule has 1 unspecified atom stereocenters. The van der Waals surface area contributed by atoms with Crippen LogP contribution in [0.4, 0.5) is 5.82 Å². The summed E-state index contributed by atoms with van der Waals surface area (Å²) < 4.78 is 0. The second-order valence-electron chi connectivity index (χ2n) is 5.02. The summed E-state index contributed by atoms with van der Waals surface area (Å²) >= 11 is 6.07. The van der Waals surface area contributed by atoms with Gasteiger partial charge in [-0.15, -0.1) is 0 Å². The maximum Gasteiger partial charge on any atom is 0.162 e. The van der Waals surface area contributed by atoms with E-state index in [0.29, 0.717) is 11.2 Å². The lowest BCUT2D eigenvalue weighted by atomic mass is 10.2. The first kappa shape index (κ1) is 11.9. The van der Waals surface area contributed by atoms with Crippen molar-refractivity contribution in [3.05, 3.63) is 17.0 Å². The van der Waals surface area contributed by atoms with Gasteiger partial charge in [-0.1, -0.05) is 11.6 Å². The predicted molar refractivity (Wildman–Crippen MR) is 71.5 cm³/mol. The van der Waals surface area contributed by atoms with E-state index in [9.17, 15) is 0 Å². The van der Waals surface area contributed by atoms with Crippen LogP contribution in [0.3, 0.4) is 0 Å². The van der Waals surface area contributed by atoms with Crippen LogP contribution in [0.5, 0.6) is 0 Å². The molecule has 0 saturated carbocycles. The van der Waals surface area contributed by atoms with Gasteiger partial charge in [-0.05, 0) is 20.5 Å². The van der Waals surface area contributed by atoms with E-state index in [2.05, 4.69) is 38.9 Å². The summed E-state index contributed by atoms with van der Waals surface area (Å²) in [5.41, 5.74) is 0.961. The molecule has 2 aliphatic heterocycles. The number of fused-ring (bicyclic) bond motifs is 1. The monoisotopic (exact) mass is 265 g/mol. The fraction of sp³-hybridized carbons (Fsp3) is 0.583. The van der Waals surface area contributed by atoms with Gasteiger partial charge in [-0.25, -0.2) is 15.0 Å². The Balaban J connectivity index is 1.76. The summed E-state index contributed by atoms with van der Waals surface area (Å²) in [4.78, 5) is 17.4. The Morgan fingerprint density at radius 2 is 2.22 bits per heavy atom. The SMILES string of the molecule is CN(C)C1CCN(C2=Nc3ncnc(Cl)c3C2)C1. The normalized spacial score (nSPS) is 22.6. The van der Waals surface area contributed by atoms with Gasteiger partial charge < -0.3 is 9.80 Å². The Morgan fingerprint density at radius 1 is 1.39 bits per heavy atom. The standard InChI is InChI=1S/C12H16ClN5/c1-17(2)8-3-4-18(6-8)10-5-9-11(13)14-7-15-12(9)16-10/h7-8H,3-6H2,1-2H3. The average Bonchev–Trinajstić information content (AvgIpc) is 2.95. The van der Waals surface area contributed by atoms with Gasteiger partial charge in [0, 0.05) is 31.1 Å². The van der Waals surface area contributed by atoms with Crippen molar-refractivity contribution in [1.82, 2.24) is 19.8 Å². The van der Waals surface area contributed by atoms with E-state index < -0.39 is 0 Å². The fourth-order valence-electron chi connectivity index (χ4n) is 2.53. The highest BCUT2D eigenvalue weighted by molar-refractivity contribution is 6.30. The summed E-state index contributed by atoms with van der Waals surface area (Å²) in [7, 11) is 4.25. The number of aliphatic imine (C=N–C) groups is 1. The Morgan fingerprint density at radius 3 is 2.89 bits per heavy atom. The molecule has 1 aromatic heterocycles. The summed E-state index contributed by atoms with van der Waals surface area (Å²) in [6.45, 7) is 2.09. The van der Waals surface area contributed by atoms with Crippen LogP contribution in [0.25, 0.3) is 0 Å². The number of likely N-dealkylation sites (tertiary alicyclic amines) is 1. The molecule has 0 aromatic carbocycles. The van der Waals surface area contributed by atoms with Crippen LogP contribution in [-0.2, 0) is 6.42 Å². The molecule has 1 saturated heterocycles. The summed E-state index contributed by atoms with van der Waals surface area (Å²) in [6, 6.07) is 0.609. The van der Waals surface area contributed by atoms with E-state index in [1.165, 1.54) is 12.7 Å². The zero-order valence-electron chi connectivity index (χ0n) is 10.6. The van der Waals surface area contributed by atoms with Gasteiger partial charge >= 0.3 is 0 Å². The van der Waals surface area contributed by atoms with Crippen LogP contribution >= 0.6 is 11.6 Å². The van der Waals surface area contributed by atoms with Crippen molar-refractivity contribution >= 4 is 23.3 Å². The minimum Gasteiger partial charge on any atom is -0.358 e. The molecule has 0 N–H and O–H groups in total. The molecule has 0 bridgehead atoms. The minimum atomic E-state index is 0.530. The van der Waals surface area contributed by atoms with E-state index in [-0.39, 0.29) is 0 Å². The number of halogens is 1. The smallest absolute Gasteiger partial charge is 0.162 e. The molecule has 1 fully saturated rings. The first-order chi connectivity index (χ1) is 8.65. The first-order valence-electron chi connectivity index (χ1n) is 6.13. The van der Waals surface area contributed by atoms with Gasteiger partial charge in [0.1, 0.15) is 17.3 Å². The largest absolute Gasteiger partial charge is 0.358 e. The Bertz CT molecular complexity index is 499. The Kier molecular flexibility index (Phi) is 2.95. The molecule has 3 heterocycles. The van der Waals surface area contributed by atoms with Crippen molar-refractivity contribution in [2.45, 2.75) is 18.9 Å². The maximum atomic E-state index is 6.07. The quantitative estimate of drug-likeness (QED) is 0.719. The van der Waals surface area contributed by atoms with Crippen LogP contribution in [-0.4, -0.2) is 58.8 Å². The van der Waals surface area contributed by atoms with Crippen molar-refractivity contribution in [1.29, 1.82) is 0 Å². The second kappa shape index (κ2) is 4.48. The maximum absolute atomic E-state index is 6.07. The Hall–Kier alpha value is -1.20. The molecule has 6 heteroatoms. The third kappa shape index (κ3) is 1.97. The van der Waals surface area contributed by atoms with Gasteiger partial charge in [0.2, 0.25) is 0 Å². The molecule has 2 aliphatic rings. The van der Waals surface area contributed by atoms with Gasteiger partial charge in [-0.3, -0.25) is 0 Å². The molecule has 3 rings (SSSR count). The molecular weight excluding hydrogens is 250 g/mol. The predicted octanol–water partition coefficient (Wildman–Crippen LogP) is 1.35. The van der Waals surface area contributed by atoms with Crippen molar-refractivity contribution in [3.63, 3.8) is 0 Å². The van der Waals surface area contributed by atoms with Gasteiger partial charge in [0.05, 0.1) is 0 Å². The highest BCUT2D eigenvalue weighted by Crippen LogP contribution is 2.30. The molecule has 0 aliphatic carbocycles. The average molecular weight is 266 g/mol. The molecule has 0 radical (unpaired) electrons. The molecule has 96 valence electrons. The lowest BCUT2D eigenvalue weighted by molar-refractivity contribution is 0.300. The number of rotatable bonds is 1.